The van der Waals surface area contributed by atoms with Gasteiger partial charge in [-0.3, -0.25) is 4.79 Å². The quantitative estimate of drug-likeness (QED) is 0.648. The fourth-order valence-electron chi connectivity index (χ4n) is 1.46. The number of benzene rings is 1. The van der Waals surface area contributed by atoms with E-state index in [0.717, 1.165) is 6.07 Å². The van der Waals surface area contributed by atoms with E-state index in [9.17, 15) is 22.4 Å². The number of alkyl halides is 3. The van der Waals surface area contributed by atoms with Crippen LogP contribution in [0.5, 0.6) is 0 Å². The third-order valence-corrected chi connectivity index (χ3v) is 2.40. The average molecular weight is 315 g/mol. The number of unbranched alkanes of at least 4 members (excludes halogenated alkanes) is 1. The van der Waals surface area contributed by atoms with Gasteiger partial charge in [0.2, 0.25) is 0 Å². The molecule has 0 heterocycles. The zero-order chi connectivity index (χ0) is 14.5. The summed E-state index contributed by atoms with van der Waals surface area (Å²) in [5.74, 6) is -1.83. The number of amides is 1. The number of nitrogens with one attached hydrogen (secondary N) is 1. The third kappa shape index (κ3) is 5.75. The Morgan fingerprint density at radius 1 is 1.20 bits per heavy atom. The van der Waals surface area contributed by atoms with E-state index in [2.05, 4.69) is 5.32 Å². The number of carbonyl (C=O) groups is 1. The molecule has 0 atom stereocenters. The standard InChI is InChI=1S/C12H14F4N2O.ClH/c13-10-6-8(5-9(7-10)12(14,15)16)11(19)18-4-2-1-3-17;/h5-7H,1-4,17H2,(H,18,19);1H. The second-order valence-electron chi connectivity index (χ2n) is 3.98. The third-order valence-electron chi connectivity index (χ3n) is 2.40. The van der Waals surface area contributed by atoms with E-state index in [1.165, 1.54) is 0 Å². The van der Waals surface area contributed by atoms with Crippen LogP contribution in [0.3, 0.4) is 0 Å². The second kappa shape index (κ2) is 8.06. The Morgan fingerprint density at radius 3 is 2.40 bits per heavy atom. The van der Waals surface area contributed by atoms with Crippen molar-refractivity contribution in [3.63, 3.8) is 0 Å². The van der Waals surface area contributed by atoms with E-state index in [4.69, 9.17) is 5.73 Å². The summed E-state index contributed by atoms with van der Waals surface area (Å²) in [4.78, 5) is 11.6. The Balaban J connectivity index is 0.00000361. The molecule has 8 heteroatoms. The lowest BCUT2D eigenvalue weighted by atomic mass is 10.1. The highest BCUT2D eigenvalue weighted by Gasteiger charge is 2.31. The average Bonchev–Trinajstić information content (AvgIpc) is 2.32. The summed E-state index contributed by atoms with van der Waals surface area (Å²) in [5.41, 5.74) is 3.73. The fraction of sp³-hybridized carbons (Fsp3) is 0.417. The van der Waals surface area contributed by atoms with Crippen LogP contribution in [0.4, 0.5) is 17.6 Å². The van der Waals surface area contributed by atoms with Gasteiger partial charge in [-0.25, -0.2) is 4.39 Å². The summed E-state index contributed by atoms with van der Waals surface area (Å²) >= 11 is 0. The Kier molecular flexibility index (Phi) is 7.52. The molecule has 0 unspecified atom stereocenters. The first kappa shape index (κ1) is 18.7. The monoisotopic (exact) mass is 314 g/mol. The number of halogens is 5. The van der Waals surface area contributed by atoms with Gasteiger partial charge in [-0.05, 0) is 37.6 Å². The van der Waals surface area contributed by atoms with Gasteiger partial charge in [0.1, 0.15) is 5.82 Å². The Bertz CT molecular complexity index is 452. The molecule has 0 aliphatic rings. The zero-order valence-electron chi connectivity index (χ0n) is 10.5. The van der Waals surface area contributed by atoms with Gasteiger partial charge in [0.15, 0.2) is 0 Å². The lowest BCUT2D eigenvalue weighted by Crippen LogP contribution is -2.25. The maximum atomic E-state index is 13.1. The van der Waals surface area contributed by atoms with Crippen molar-refractivity contribution in [2.45, 2.75) is 19.0 Å². The van der Waals surface area contributed by atoms with Crippen LogP contribution in [0.15, 0.2) is 18.2 Å². The first-order valence-electron chi connectivity index (χ1n) is 5.70. The SMILES string of the molecule is Cl.NCCCCNC(=O)c1cc(F)cc(C(F)(F)F)c1. The van der Waals surface area contributed by atoms with Crippen LogP contribution in [0.1, 0.15) is 28.8 Å². The Hall–Kier alpha value is -1.34. The molecule has 0 radical (unpaired) electrons. The molecule has 20 heavy (non-hydrogen) atoms. The first-order chi connectivity index (χ1) is 8.84. The van der Waals surface area contributed by atoms with Crippen LogP contribution in [0, 0.1) is 5.82 Å². The van der Waals surface area contributed by atoms with E-state index in [0.29, 0.717) is 31.5 Å². The summed E-state index contributed by atoms with van der Waals surface area (Å²) in [5, 5.41) is 2.41. The molecule has 0 saturated carbocycles. The van der Waals surface area contributed by atoms with Gasteiger partial charge in [0.25, 0.3) is 5.91 Å². The highest BCUT2D eigenvalue weighted by molar-refractivity contribution is 5.94. The second-order valence-corrected chi connectivity index (χ2v) is 3.98. The van der Waals surface area contributed by atoms with Crippen molar-refractivity contribution >= 4 is 18.3 Å². The molecule has 1 aromatic rings. The summed E-state index contributed by atoms with van der Waals surface area (Å²) in [6.45, 7) is 0.752. The van der Waals surface area contributed by atoms with Crippen molar-refractivity contribution in [1.29, 1.82) is 0 Å². The number of hydrogen-bond donors (Lipinski definition) is 2. The van der Waals surface area contributed by atoms with Crippen LogP contribution >= 0.6 is 12.4 Å². The molecule has 3 N–H and O–H groups in total. The summed E-state index contributed by atoms with van der Waals surface area (Å²) in [6, 6.07) is 1.75. The zero-order valence-corrected chi connectivity index (χ0v) is 11.3. The highest BCUT2D eigenvalue weighted by Crippen LogP contribution is 2.30. The van der Waals surface area contributed by atoms with Crippen molar-refractivity contribution in [3.05, 3.63) is 35.1 Å². The lowest BCUT2D eigenvalue weighted by Gasteiger charge is -2.09. The van der Waals surface area contributed by atoms with Gasteiger partial charge in [-0.2, -0.15) is 13.2 Å². The minimum Gasteiger partial charge on any atom is -0.352 e. The van der Waals surface area contributed by atoms with Gasteiger partial charge in [0.05, 0.1) is 5.56 Å². The fourth-order valence-corrected chi connectivity index (χ4v) is 1.46. The van der Waals surface area contributed by atoms with Gasteiger partial charge in [0, 0.05) is 12.1 Å². The predicted octanol–water partition coefficient (Wildman–Crippen LogP) is 2.74. The number of carbonyl (C=O) groups excluding carboxylic acids is 1. The van der Waals surface area contributed by atoms with E-state index in [-0.39, 0.29) is 24.5 Å². The molecule has 0 saturated heterocycles. The summed E-state index contributed by atoms with van der Waals surface area (Å²) < 4.78 is 50.4. The molecule has 0 aliphatic carbocycles. The number of hydrogen-bond acceptors (Lipinski definition) is 2. The van der Waals surface area contributed by atoms with E-state index < -0.39 is 23.5 Å². The molecule has 0 fully saturated rings. The minimum absolute atomic E-state index is 0. The van der Waals surface area contributed by atoms with Crippen molar-refractivity contribution in [3.8, 4) is 0 Å². The van der Waals surface area contributed by atoms with Crippen molar-refractivity contribution in [2.24, 2.45) is 5.73 Å². The van der Waals surface area contributed by atoms with E-state index >= 15 is 0 Å². The largest absolute Gasteiger partial charge is 0.416 e. The van der Waals surface area contributed by atoms with Crippen LogP contribution in [0.25, 0.3) is 0 Å². The van der Waals surface area contributed by atoms with Crippen molar-refractivity contribution in [1.82, 2.24) is 5.32 Å². The molecule has 0 spiro atoms. The molecule has 1 amide bonds. The molecule has 0 bridgehead atoms. The van der Waals surface area contributed by atoms with Crippen molar-refractivity contribution < 1.29 is 22.4 Å². The molecular weight excluding hydrogens is 300 g/mol. The molecule has 0 aromatic heterocycles. The highest BCUT2D eigenvalue weighted by atomic mass is 35.5. The van der Waals surface area contributed by atoms with Gasteiger partial charge in [-0.1, -0.05) is 0 Å². The lowest BCUT2D eigenvalue weighted by molar-refractivity contribution is -0.137. The maximum Gasteiger partial charge on any atom is 0.416 e. The smallest absolute Gasteiger partial charge is 0.352 e. The van der Waals surface area contributed by atoms with E-state index in [1.807, 2.05) is 0 Å². The molecule has 114 valence electrons. The van der Waals surface area contributed by atoms with Crippen LogP contribution in [0.2, 0.25) is 0 Å². The van der Waals surface area contributed by atoms with Crippen LogP contribution < -0.4 is 11.1 Å². The minimum atomic E-state index is -4.68. The Morgan fingerprint density at radius 2 is 1.85 bits per heavy atom. The molecule has 3 nitrogen and oxygen atoms in total. The van der Waals surface area contributed by atoms with Crippen LogP contribution in [-0.2, 0) is 6.18 Å². The maximum absolute atomic E-state index is 13.1. The predicted molar refractivity (Wildman–Crippen MR) is 69.3 cm³/mol. The van der Waals surface area contributed by atoms with Gasteiger partial charge < -0.3 is 11.1 Å². The first-order valence-corrected chi connectivity index (χ1v) is 5.70. The summed E-state index contributed by atoms with van der Waals surface area (Å²) in [7, 11) is 0. The van der Waals surface area contributed by atoms with Gasteiger partial charge >= 0.3 is 6.18 Å². The molecule has 1 rings (SSSR count). The van der Waals surface area contributed by atoms with E-state index in [1.54, 1.807) is 0 Å². The topological polar surface area (TPSA) is 55.1 Å². The van der Waals surface area contributed by atoms with Gasteiger partial charge in [-0.15, -0.1) is 12.4 Å². The van der Waals surface area contributed by atoms with Crippen LogP contribution in [-0.4, -0.2) is 19.0 Å². The molecule has 1 aromatic carbocycles. The molecule has 0 aliphatic heterocycles. The normalized spacial score (nSPS) is 10.8. The molecular formula is C12H15ClF4N2O. The number of rotatable bonds is 5. The Labute approximate surface area is 119 Å². The summed E-state index contributed by atoms with van der Waals surface area (Å²) in [6.07, 6.45) is -3.38. The van der Waals surface area contributed by atoms with Crippen molar-refractivity contribution in [2.75, 3.05) is 13.1 Å². The number of nitrogens with two attached hydrogens (primary N) is 1.